The zero-order valence-corrected chi connectivity index (χ0v) is 15.1. The van der Waals surface area contributed by atoms with Crippen LogP contribution in [0.5, 0.6) is 0 Å². The van der Waals surface area contributed by atoms with Gasteiger partial charge in [0, 0.05) is 17.7 Å². The highest BCUT2D eigenvalue weighted by Crippen LogP contribution is 2.34. The second kappa shape index (κ2) is 6.92. The highest BCUT2D eigenvalue weighted by Gasteiger charge is 2.34. The van der Waals surface area contributed by atoms with Gasteiger partial charge >= 0.3 is 0 Å². The molecule has 1 aliphatic heterocycles. The van der Waals surface area contributed by atoms with Gasteiger partial charge in [0.25, 0.3) is 5.91 Å². The van der Waals surface area contributed by atoms with Crippen molar-refractivity contribution in [2.24, 2.45) is 0 Å². The Morgan fingerprint density at radius 3 is 2.88 bits per heavy atom. The summed E-state index contributed by atoms with van der Waals surface area (Å²) in [5, 5.41) is 4.63. The van der Waals surface area contributed by atoms with E-state index < -0.39 is 0 Å². The zero-order chi connectivity index (χ0) is 18.1. The van der Waals surface area contributed by atoms with Gasteiger partial charge in [-0.3, -0.25) is 4.79 Å². The maximum absolute atomic E-state index is 12.9. The van der Waals surface area contributed by atoms with E-state index in [-0.39, 0.29) is 11.9 Å². The molecule has 1 aliphatic rings. The van der Waals surface area contributed by atoms with Crippen molar-refractivity contribution in [3.8, 4) is 11.4 Å². The Morgan fingerprint density at radius 1 is 1.23 bits per heavy atom. The normalized spacial score (nSPS) is 16.8. The second-order valence-electron chi connectivity index (χ2n) is 6.46. The third-order valence-corrected chi connectivity index (χ3v) is 4.95. The largest absolute Gasteiger partial charge is 0.337 e. The molecule has 0 bridgehead atoms. The van der Waals surface area contributed by atoms with E-state index in [4.69, 9.17) is 16.1 Å². The van der Waals surface area contributed by atoms with E-state index in [9.17, 15) is 4.79 Å². The molecular weight excluding hydrogens is 350 g/mol. The first-order valence-corrected chi connectivity index (χ1v) is 8.97. The molecular formula is C20H18ClN3O2. The second-order valence-corrected chi connectivity index (χ2v) is 6.87. The molecule has 4 rings (SSSR count). The summed E-state index contributed by atoms with van der Waals surface area (Å²) in [4.78, 5) is 19.3. The number of hydrogen-bond acceptors (Lipinski definition) is 4. The molecule has 1 unspecified atom stereocenters. The standard InChI is InChI=1S/C20H18ClN3O2/c1-13-6-4-7-14(12-13)20(25)24-11-5-10-17(24)19-22-18(23-26-19)15-8-2-3-9-16(15)21/h2-4,6-9,12,17H,5,10-11H2,1H3. The third kappa shape index (κ3) is 3.10. The van der Waals surface area contributed by atoms with Crippen LogP contribution >= 0.6 is 11.6 Å². The fraction of sp³-hybridized carbons (Fsp3) is 0.250. The van der Waals surface area contributed by atoms with Crippen LogP contribution in [0, 0.1) is 6.92 Å². The maximum atomic E-state index is 12.9. The molecule has 0 aliphatic carbocycles. The molecule has 132 valence electrons. The van der Waals surface area contributed by atoms with Crippen LogP contribution in [0.15, 0.2) is 53.1 Å². The minimum Gasteiger partial charge on any atom is -0.337 e. The van der Waals surface area contributed by atoms with Crippen molar-refractivity contribution in [1.29, 1.82) is 0 Å². The summed E-state index contributed by atoms with van der Waals surface area (Å²) in [5.74, 6) is 0.896. The summed E-state index contributed by atoms with van der Waals surface area (Å²) >= 11 is 6.22. The summed E-state index contributed by atoms with van der Waals surface area (Å²) in [5.41, 5.74) is 2.46. The van der Waals surface area contributed by atoms with Crippen molar-refractivity contribution >= 4 is 17.5 Å². The van der Waals surface area contributed by atoms with E-state index in [2.05, 4.69) is 10.1 Å². The molecule has 1 saturated heterocycles. The first-order valence-electron chi connectivity index (χ1n) is 8.59. The molecule has 1 fully saturated rings. The Kier molecular flexibility index (Phi) is 4.47. The molecule has 3 aromatic rings. The molecule has 0 spiro atoms. The van der Waals surface area contributed by atoms with Gasteiger partial charge in [-0.05, 0) is 44.0 Å². The first kappa shape index (κ1) is 16.8. The number of hydrogen-bond donors (Lipinski definition) is 0. The Bertz CT molecular complexity index is 953. The van der Waals surface area contributed by atoms with Gasteiger partial charge in [-0.1, -0.05) is 46.6 Å². The quantitative estimate of drug-likeness (QED) is 0.674. The lowest BCUT2D eigenvalue weighted by molar-refractivity contribution is 0.0710. The SMILES string of the molecule is Cc1cccc(C(=O)N2CCCC2c2nc(-c3ccccc3Cl)no2)c1. The molecule has 1 amide bonds. The van der Waals surface area contributed by atoms with Crippen molar-refractivity contribution in [1.82, 2.24) is 15.0 Å². The Hall–Kier alpha value is -2.66. The number of carbonyl (C=O) groups is 1. The topological polar surface area (TPSA) is 59.2 Å². The van der Waals surface area contributed by atoms with E-state index in [0.29, 0.717) is 28.8 Å². The lowest BCUT2D eigenvalue weighted by Gasteiger charge is -2.22. The molecule has 5 nitrogen and oxygen atoms in total. The molecule has 1 aromatic heterocycles. The van der Waals surface area contributed by atoms with Gasteiger partial charge in [0.05, 0.1) is 5.02 Å². The number of halogens is 1. The molecule has 0 N–H and O–H groups in total. The fourth-order valence-corrected chi connectivity index (χ4v) is 3.55. The van der Waals surface area contributed by atoms with Crippen molar-refractivity contribution in [3.05, 3.63) is 70.6 Å². The summed E-state index contributed by atoms with van der Waals surface area (Å²) < 4.78 is 5.48. The average molecular weight is 368 g/mol. The fourth-order valence-electron chi connectivity index (χ4n) is 3.33. The first-order chi connectivity index (χ1) is 12.6. The predicted molar refractivity (Wildman–Crippen MR) is 98.9 cm³/mol. The Morgan fingerprint density at radius 2 is 2.08 bits per heavy atom. The molecule has 2 heterocycles. The number of aryl methyl sites for hydroxylation is 1. The van der Waals surface area contributed by atoms with Crippen LogP contribution in [-0.4, -0.2) is 27.5 Å². The number of likely N-dealkylation sites (tertiary alicyclic amines) is 1. The van der Waals surface area contributed by atoms with Crippen molar-refractivity contribution in [2.45, 2.75) is 25.8 Å². The van der Waals surface area contributed by atoms with Gasteiger partial charge in [0.1, 0.15) is 6.04 Å². The smallest absolute Gasteiger partial charge is 0.254 e. The lowest BCUT2D eigenvalue weighted by atomic mass is 10.1. The van der Waals surface area contributed by atoms with Gasteiger partial charge in [0.2, 0.25) is 11.7 Å². The minimum absolute atomic E-state index is 0.00584. The van der Waals surface area contributed by atoms with E-state index in [1.165, 1.54) is 0 Å². The third-order valence-electron chi connectivity index (χ3n) is 4.62. The molecule has 6 heteroatoms. The van der Waals surface area contributed by atoms with Crippen LogP contribution in [0.25, 0.3) is 11.4 Å². The number of nitrogens with zero attached hydrogens (tertiary/aromatic N) is 3. The minimum atomic E-state index is -0.202. The van der Waals surface area contributed by atoms with E-state index >= 15 is 0 Å². The molecule has 0 radical (unpaired) electrons. The van der Waals surface area contributed by atoms with E-state index in [0.717, 1.165) is 24.0 Å². The van der Waals surface area contributed by atoms with E-state index in [1.807, 2.05) is 54.3 Å². The van der Waals surface area contributed by atoms with E-state index in [1.54, 1.807) is 6.07 Å². The van der Waals surface area contributed by atoms with Gasteiger partial charge in [-0.2, -0.15) is 4.98 Å². The lowest BCUT2D eigenvalue weighted by Crippen LogP contribution is -2.30. The summed E-state index contributed by atoms with van der Waals surface area (Å²) in [6, 6.07) is 14.8. The Balaban J connectivity index is 1.61. The molecule has 1 atom stereocenters. The van der Waals surface area contributed by atoms with Gasteiger partial charge < -0.3 is 9.42 Å². The van der Waals surface area contributed by atoms with Crippen LogP contribution in [0.1, 0.15) is 40.7 Å². The van der Waals surface area contributed by atoms with Crippen molar-refractivity contribution in [3.63, 3.8) is 0 Å². The van der Waals surface area contributed by atoms with Crippen molar-refractivity contribution < 1.29 is 9.32 Å². The summed E-state index contributed by atoms with van der Waals surface area (Å²) in [7, 11) is 0. The number of amides is 1. The Labute approximate surface area is 156 Å². The van der Waals surface area contributed by atoms with Crippen LogP contribution in [0.3, 0.4) is 0 Å². The monoisotopic (exact) mass is 367 g/mol. The van der Waals surface area contributed by atoms with Gasteiger partial charge in [-0.25, -0.2) is 0 Å². The van der Waals surface area contributed by atoms with Crippen LogP contribution < -0.4 is 0 Å². The van der Waals surface area contributed by atoms with Gasteiger partial charge in [-0.15, -0.1) is 0 Å². The van der Waals surface area contributed by atoms with Gasteiger partial charge in [0.15, 0.2) is 0 Å². The number of carbonyl (C=O) groups excluding carboxylic acids is 1. The van der Waals surface area contributed by atoms with Crippen molar-refractivity contribution in [2.75, 3.05) is 6.54 Å². The number of benzene rings is 2. The van der Waals surface area contributed by atoms with Crippen LogP contribution in [-0.2, 0) is 0 Å². The number of rotatable bonds is 3. The molecule has 26 heavy (non-hydrogen) atoms. The highest BCUT2D eigenvalue weighted by molar-refractivity contribution is 6.33. The summed E-state index contributed by atoms with van der Waals surface area (Å²) in [6.45, 7) is 2.66. The maximum Gasteiger partial charge on any atom is 0.254 e. The average Bonchev–Trinajstić information content (AvgIpc) is 3.30. The predicted octanol–water partition coefficient (Wildman–Crippen LogP) is 4.68. The zero-order valence-electron chi connectivity index (χ0n) is 14.4. The highest BCUT2D eigenvalue weighted by atomic mass is 35.5. The number of aromatic nitrogens is 2. The van der Waals surface area contributed by atoms with Crippen LogP contribution in [0.4, 0.5) is 0 Å². The summed E-state index contributed by atoms with van der Waals surface area (Å²) in [6.07, 6.45) is 1.72. The molecule has 0 saturated carbocycles. The molecule has 2 aromatic carbocycles. The van der Waals surface area contributed by atoms with Crippen LogP contribution in [0.2, 0.25) is 5.02 Å².